The van der Waals surface area contributed by atoms with Gasteiger partial charge in [-0.15, -0.1) is 0 Å². The van der Waals surface area contributed by atoms with Crippen LogP contribution >= 0.6 is 38.5 Å². The van der Waals surface area contributed by atoms with Crippen molar-refractivity contribution in [3.05, 3.63) is 61.6 Å². The lowest BCUT2D eigenvalue weighted by atomic mass is 10.1. The summed E-state index contributed by atoms with van der Waals surface area (Å²) in [6, 6.07) is 13.1. The zero-order chi connectivity index (χ0) is 14.5. The molecule has 0 saturated heterocycles. The Balaban J connectivity index is 2.13. The van der Waals surface area contributed by atoms with Crippen LogP contribution < -0.4 is 5.32 Å². The number of rotatable bonds is 4. The van der Waals surface area contributed by atoms with E-state index in [0.717, 1.165) is 19.3 Å². The molecular weight excluding hydrogens is 433 g/mol. The van der Waals surface area contributed by atoms with Crippen molar-refractivity contribution in [2.24, 2.45) is 0 Å². The average Bonchev–Trinajstić information content (AvgIpc) is 2.44. The number of nitrogens with one attached hydrogen (secondary N) is 1. The lowest BCUT2D eigenvalue weighted by Gasteiger charge is -2.08. The number of aliphatic hydroxyl groups excluding tert-OH is 1. The molecule has 104 valence electrons. The Labute approximate surface area is 139 Å². The maximum absolute atomic E-state index is 12.2. The first kappa shape index (κ1) is 15.5. The lowest BCUT2D eigenvalue weighted by molar-refractivity contribution is 0.102. The van der Waals surface area contributed by atoms with E-state index >= 15 is 0 Å². The highest BCUT2D eigenvalue weighted by Crippen LogP contribution is 2.20. The molecule has 0 fully saturated rings. The fraction of sp³-hybridized carbons (Fsp3) is 0.133. The quantitative estimate of drug-likeness (QED) is 0.702. The maximum atomic E-state index is 12.2. The van der Waals surface area contributed by atoms with E-state index in [1.807, 2.05) is 36.4 Å². The van der Waals surface area contributed by atoms with Crippen LogP contribution in [-0.2, 0) is 6.42 Å². The van der Waals surface area contributed by atoms with E-state index in [-0.39, 0.29) is 12.5 Å². The minimum atomic E-state index is -0.134. The molecule has 1 amide bonds. The van der Waals surface area contributed by atoms with Crippen molar-refractivity contribution >= 4 is 50.1 Å². The van der Waals surface area contributed by atoms with E-state index in [4.69, 9.17) is 5.11 Å². The van der Waals surface area contributed by atoms with Crippen LogP contribution in [0.4, 0.5) is 5.69 Å². The molecule has 0 aliphatic carbocycles. The summed E-state index contributed by atoms with van der Waals surface area (Å²) < 4.78 is 1.78. The van der Waals surface area contributed by atoms with Crippen LogP contribution in [0.15, 0.2) is 46.9 Å². The molecule has 2 N–H and O–H groups in total. The first-order chi connectivity index (χ1) is 9.60. The lowest BCUT2D eigenvalue weighted by Crippen LogP contribution is -2.13. The van der Waals surface area contributed by atoms with Gasteiger partial charge >= 0.3 is 0 Å². The van der Waals surface area contributed by atoms with Crippen LogP contribution in [0.1, 0.15) is 15.9 Å². The summed E-state index contributed by atoms with van der Waals surface area (Å²) in [6.45, 7) is 0.127. The molecule has 3 nitrogen and oxygen atoms in total. The summed E-state index contributed by atoms with van der Waals surface area (Å²) in [5.74, 6) is -0.134. The number of anilines is 1. The smallest absolute Gasteiger partial charge is 0.256 e. The van der Waals surface area contributed by atoms with Gasteiger partial charge in [-0.25, -0.2) is 0 Å². The molecule has 0 unspecified atom stereocenters. The minimum Gasteiger partial charge on any atom is -0.396 e. The maximum Gasteiger partial charge on any atom is 0.256 e. The molecule has 0 saturated carbocycles. The number of benzene rings is 2. The largest absolute Gasteiger partial charge is 0.396 e. The van der Waals surface area contributed by atoms with Crippen LogP contribution in [0.5, 0.6) is 0 Å². The van der Waals surface area contributed by atoms with Gasteiger partial charge in [0.05, 0.1) is 5.56 Å². The summed E-state index contributed by atoms with van der Waals surface area (Å²) in [5.41, 5.74) is 2.43. The molecule has 0 atom stereocenters. The molecule has 0 spiro atoms. The fourth-order valence-corrected chi connectivity index (χ4v) is 2.70. The van der Waals surface area contributed by atoms with Crippen molar-refractivity contribution < 1.29 is 9.90 Å². The summed E-state index contributed by atoms with van der Waals surface area (Å²) in [4.78, 5) is 12.2. The summed E-state index contributed by atoms with van der Waals surface area (Å²) in [7, 11) is 0. The van der Waals surface area contributed by atoms with Crippen molar-refractivity contribution in [2.75, 3.05) is 11.9 Å². The third-order valence-electron chi connectivity index (χ3n) is 2.79. The van der Waals surface area contributed by atoms with Crippen molar-refractivity contribution in [3.8, 4) is 0 Å². The van der Waals surface area contributed by atoms with Gasteiger partial charge in [0.1, 0.15) is 0 Å². The molecule has 0 aromatic heterocycles. The van der Waals surface area contributed by atoms with Crippen LogP contribution in [0, 0.1) is 3.57 Å². The second-order valence-electron chi connectivity index (χ2n) is 4.25. The number of amides is 1. The molecule has 0 bridgehead atoms. The van der Waals surface area contributed by atoms with Crippen molar-refractivity contribution in [2.45, 2.75) is 6.42 Å². The van der Waals surface area contributed by atoms with Crippen LogP contribution in [0.3, 0.4) is 0 Å². The molecule has 20 heavy (non-hydrogen) atoms. The molecule has 0 heterocycles. The highest BCUT2D eigenvalue weighted by molar-refractivity contribution is 14.1. The number of halogens is 2. The zero-order valence-corrected chi connectivity index (χ0v) is 14.3. The Morgan fingerprint density at radius 2 is 1.90 bits per heavy atom. The molecule has 2 aromatic carbocycles. The van der Waals surface area contributed by atoms with Gasteiger partial charge < -0.3 is 10.4 Å². The summed E-state index contributed by atoms with van der Waals surface area (Å²) in [5, 5.41) is 11.7. The molecular formula is C15H13BrINO2. The Morgan fingerprint density at radius 1 is 1.20 bits per heavy atom. The monoisotopic (exact) mass is 445 g/mol. The number of carbonyl (C=O) groups excluding carboxylic acids is 1. The zero-order valence-electron chi connectivity index (χ0n) is 10.6. The molecule has 0 aliphatic heterocycles. The van der Waals surface area contributed by atoms with Crippen LogP contribution in [0.2, 0.25) is 0 Å². The standard InChI is InChI=1S/C15H13BrINO2/c16-11-3-6-14(17)13(9-11)15(20)18-12-4-1-10(2-5-12)7-8-19/h1-6,9,19H,7-8H2,(H,18,20). The van der Waals surface area contributed by atoms with Gasteiger partial charge in [0, 0.05) is 20.3 Å². The summed E-state index contributed by atoms with van der Waals surface area (Å²) in [6.07, 6.45) is 0.623. The van der Waals surface area contributed by atoms with E-state index in [1.54, 1.807) is 6.07 Å². The average molecular weight is 446 g/mol. The third-order valence-corrected chi connectivity index (χ3v) is 4.22. The number of hydrogen-bond donors (Lipinski definition) is 2. The van der Waals surface area contributed by atoms with Gasteiger partial charge in [-0.05, 0) is 64.9 Å². The molecule has 2 aromatic rings. The third kappa shape index (κ3) is 4.04. The molecule has 0 radical (unpaired) electrons. The first-order valence-corrected chi connectivity index (χ1v) is 7.93. The van der Waals surface area contributed by atoms with E-state index in [9.17, 15) is 4.79 Å². The van der Waals surface area contributed by atoms with E-state index in [0.29, 0.717) is 12.0 Å². The van der Waals surface area contributed by atoms with Gasteiger partial charge in [0.15, 0.2) is 0 Å². The topological polar surface area (TPSA) is 49.3 Å². The normalized spacial score (nSPS) is 10.3. The van der Waals surface area contributed by atoms with Crippen molar-refractivity contribution in [1.29, 1.82) is 0 Å². The van der Waals surface area contributed by atoms with Gasteiger partial charge in [-0.3, -0.25) is 4.79 Å². The Bertz CT molecular complexity index is 614. The van der Waals surface area contributed by atoms with Crippen LogP contribution in [-0.4, -0.2) is 17.6 Å². The SMILES string of the molecule is O=C(Nc1ccc(CCO)cc1)c1cc(Br)ccc1I. The van der Waals surface area contributed by atoms with Gasteiger partial charge in [0.25, 0.3) is 5.91 Å². The van der Waals surface area contributed by atoms with Gasteiger partial charge in [0.2, 0.25) is 0 Å². The fourth-order valence-electron chi connectivity index (χ4n) is 1.75. The van der Waals surface area contributed by atoms with E-state index < -0.39 is 0 Å². The van der Waals surface area contributed by atoms with E-state index in [1.165, 1.54) is 0 Å². The van der Waals surface area contributed by atoms with E-state index in [2.05, 4.69) is 43.8 Å². The molecule has 5 heteroatoms. The number of hydrogen-bond acceptors (Lipinski definition) is 2. The predicted molar refractivity (Wildman–Crippen MR) is 92.0 cm³/mol. The number of aliphatic hydroxyl groups is 1. The second kappa shape index (κ2) is 7.19. The Kier molecular flexibility index (Phi) is 5.56. The molecule has 2 rings (SSSR count). The van der Waals surface area contributed by atoms with Gasteiger partial charge in [-0.1, -0.05) is 28.1 Å². The van der Waals surface area contributed by atoms with Crippen molar-refractivity contribution in [1.82, 2.24) is 0 Å². The molecule has 0 aliphatic rings. The van der Waals surface area contributed by atoms with Gasteiger partial charge in [-0.2, -0.15) is 0 Å². The Hall–Kier alpha value is -0.920. The summed E-state index contributed by atoms with van der Waals surface area (Å²) >= 11 is 5.51. The first-order valence-electron chi connectivity index (χ1n) is 6.06. The number of carbonyl (C=O) groups is 1. The van der Waals surface area contributed by atoms with Crippen molar-refractivity contribution in [3.63, 3.8) is 0 Å². The highest BCUT2D eigenvalue weighted by atomic mass is 127. The van der Waals surface area contributed by atoms with Crippen LogP contribution in [0.25, 0.3) is 0 Å². The predicted octanol–water partition coefficient (Wildman–Crippen LogP) is 3.84. The Morgan fingerprint density at radius 3 is 2.55 bits per heavy atom. The minimum absolute atomic E-state index is 0.127. The highest BCUT2D eigenvalue weighted by Gasteiger charge is 2.10. The second-order valence-corrected chi connectivity index (χ2v) is 6.33.